The van der Waals surface area contributed by atoms with Crippen molar-refractivity contribution in [2.24, 2.45) is 0 Å². The Kier molecular flexibility index (Phi) is 7.92. The first-order chi connectivity index (χ1) is 12.6. The molecule has 0 bridgehead atoms. The molecule has 1 aromatic carbocycles. The number of methoxy groups -OCH3 is 1. The van der Waals surface area contributed by atoms with Crippen LogP contribution in [0.1, 0.15) is 36.7 Å². The van der Waals surface area contributed by atoms with Crippen LogP contribution in [0.3, 0.4) is 0 Å². The summed E-state index contributed by atoms with van der Waals surface area (Å²) in [6.45, 7) is 6.90. The van der Waals surface area contributed by atoms with Gasteiger partial charge in [-0.25, -0.2) is 18.0 Å². The number of imide groups is 1. The second kappa shape index (κ2) is 9.47. The van der Waals surface area contributed by atoms with Gasteiger partial charge in [-0.2, -0.15) is 4.31 Å². The number of esters is 1. The molecule has 0 aliphatic rings. The fourth-order valence-electron chi connectivity index (χ4n) is 2.22. The quantitative estimate of drug-likeness (QED) is 0.688. The first-order valence-electron chi connectivity index (χ1n) is 8.29. The van der Waals surface area contributed by atoms with Crippen molar-refractivity contribution in [3.8, 4) is 0 Å². The molecule has 10 heteroatoms. The molecule has 0 aromatic heterocycles. The maximum Gasteiger partial charge on any atom is 0.413 e. The van der Waals surface area contributed by atoms with Crippen molar-refractivity contribution in [2.45, 2.75) is 38.7 Å². The number of amides is 2. The standard InChI is InChI=1S/C17H24N2O7S/c1-6-19(7-2)27(23,24)13-9-8-11(3)14(10-13)16(21)26-12(4)15(20)18-17(22)25-5/h8-10,12H,6-7H2,1-5H3,(H,18,20,22)/t12-/m0/s1. The van der Waals surface area contributed by atoms with Crippen molar-refractivity contribution in [1.82, 2.24) is 9.62 Å². The minimum absolute atomic E-state index is 0.0148. The lowest BCUT2D eigenvalue weighted by atomic mass is 10.1. The van der Waals surface area contributed by atoms with E-state index in [4.69, 9.17) is 4.74 Å². The minimum Gasteiger partial charge on any atom is -0.453 e. The highest BCUT2D eigenvalue weighted by molar-refractivity contribution is 7.89. The zero-order valence-corrected chi connectivity index (χ0v) is 16.8. The summed E-state index contributed by atoms with van der Waals surface area (Å²) in [5, 5.41) is 1.89. The molecule has 0 unspecified atom stereocenters. The van der Waals surface area contributed by atoms with Crippen LogP contribution in [-0.2, 0) is 24.3 Å². The summed E-state index contributed by atoms with van der Waals surface area (Å²) in [6.07, 6.45) is -2.26. The number of hydrogen-bond donors (Lipinski definition) is 1. The van der Waals surface area contributed by atoms with Gasteiger partial charge >= 0.3 is 12.1 Å². The molecule has 0 fully saturated rings. The number of rotatable bonds is 7. The number of nitrogens with zero attached hydrogens (tertiary/aromatic N) is 1. The van der Waals surface area contributed by atoms with Gasteiger partial charge in [-0.1, -0.05) is 19.9 Å². The molecule has 2 amide bonds. The van der Waals surface area contributed by atoms with Gasteiger partial charge in [0.25, 0.3) is 5.91 Å². The Balaban J connectivity index is 3.08. The fourth-order valence-corrected chi connectivity index (χ4v) is 3.71. The summed E-state index contributed by atoms with van der Waals surface area (Å²) in [6, 6.07) is 4.12. The number of carbonyl (C=O) groups excluding carboxylic acids is 3. The van der Waals surface area contributed by atoms with E-state index in [0.717, 1.165) is 7.11 Å². The van der Waals surface area contributed by atoms with E-state index >= 15 is 0 Å². The van der Waals surface area contributed by atoms with Crippen molar-refractivity contribution < 1.29 is 32.3 Å². The average Bonchev–Trinajstić information content (AvgIpc) is 2.62. The van der Waals surface area contributed by atoms with Gasteiger partial charge in [-0.15, -0.1) is 0 Å². The lowest BCUT2D eigenvalue weighted by molar-refractivity contribution is -0.128. The van der Waals surface area contributed by atoms with Crippen molar-refractivity contribution >= 4 is 28.0 Å². The highest BCUT2D eigenvalue weighted by Crippen LogP contribution is 2.20. The number of sulfonamides is 1. The number of aryl methyl sites for hydroxylation is 1. The predicted molar refractivity (Wildman–Crippen MR) is 96.7 cm³/mol. The maximum atomic E-state index is 12.6. The molecule has 27 heavy (non-hydrogen) atoms. The van der Waals surface area contributed by atoms with Gasteiger partial charge < -0.3 is 9.47 Å². The second-order valence-electron chi connectivity index (χ2n) is 5.59. The third-order valence-electron chi connectivity index (χ3n) is 3.84. The molecule has 0 aliphatic carbocycles. The number of alkyl carbamates (subject to hydrolysis) is 1. The first kappa shape index (κ1) is 22.6. The smallest absolute Gasteiger partial charge is 0.413 e. The topological polar surface area (TPSA) is 119 Å². The van der Waals surface area contributed by atoms with Gasteiger partial charge in [0.1, 0.15) is 0 Å². The molecule has 0 saturated carbocycles. The lowest BCUT2D eigenvalue weighted by Gasteiger charge is -2.19. The Hall–Kier alpha value is -2.46. The highest BCUT2D eigenvalue weighted by atomic mass is 32.2. The first-order valence-corrected chi connectivity index (χ1v) is 9.73. The van der Waals surface area contributed by atoms with Gasteiger partial charge in [-0.3, -0.25) is 10.1 Å². The van der Waals surface area contributed by atoms with E-state index < -0.39 is 34.1 Å². The summed E-state index contributed by atoms with van der Waals surface area (Å²) in [5.74, 6) is -1.74. The Labute approximate surface area is 158 Å². The van der Waals surface area contributed by atoms with Crippen LogP contribution in [0.5, 0.6) is 0 Å². The average molecular weight is 400 g/mol. The van der Waals surface area contributed by atoms with Gasteiger partial charge in [0.2, 0.25) is 10.0 Å². The Bertz CT molecular complexity index is 817. The maximum absolute atomic E-state index is 12.6. The predicted octanol–water partition coefficient (Wildman–Crippen LogP) is 1.45. The van der Waals surface area contributed by atoms with Crippen LogP contribution < -0.4 is 5.32 Å². The van der Waals surface area contributed by atoms with Crippen LogP contribution in [0.4, 0.5) is 4.79 Å². The zero-order valence-electron chi connectivity index (χ0n) is 15.9. The number of carbonyl (C=O) groups is 3. The second-order valence-corrected chi connectivity index (χ2v) is 7.53. The van der Waals surface area contributed by atoms with Gasteiger partial charge in [0.05, 0.1) is 17.6 Å². The van der Waals surface area contributed by atoms with Gasteiger partial charge in [0.15, 0.2) is 6.10 Å². The highest BCUT2D eigenvalue weighted by Gasteiger charge is 2.26. The molecule has 9 nitrogen and oxygen atoms in total. The van der Waals surface area contributed by atoms with E-state index in [9.17, 15) is 22.8 Å². The van der Waals surface area contributed by atoms with E-state index in [1.54, 1.807) is 20.8 Å². The van der Waals surface area contributed by atoms with Gasteiger partial charge in [0, 0.05) is 13.1 Å². The van der Waals surface area contributed by atoms with Gasteiger partial charge in [-0.05, 0) is 31.5 Å². The van der Waals surface area contributed by atoms with E-state index in [1.165, 1.54) is 29.4 Å². The molecule has 0 heterocycles. The van der Waals surface area contributed by atoms with E-state index in [0.29, 0.717) is 5.56 Å². The lowest BCUT2D eigenvalue weighted by Crippen LogP contribution is -2.39. The Morgan fingerprint density at radius 2 is 1.78 bits per heavy atom. The fraction of sp³-hybridized carbons (Fsp3) is 0.471. The molecule has 1 N–H and O–H groups in total. The van der Waals surface area contributed by atoms with E-state index in [-0.39, 0.29) is 23.5 Å². The van der Waals surface area contributed by atoms with Crippen LogP contribution in [0.15, 0.2) is 23.1 Å². The Morgan fingerprint density at radius 3 is 2.30 bits per heavy atom. The largest absolute Gasteiger partial charge is 0.453 e. The van der Waals surface area contributed by atoms with Crippen LogP contribution in [0.2, 0.25) is 0 Å². The van der Waals surface area contributed by atoms with Crippen molar-refractivity contribution in [3.05, 3.63) is 29.3 Å². The van der Waals surface area contributed by atoms with E-state index in [2.05, 4.69) is 4.74 Å². The molecule has 0 aliphatic heterocycles. The third-order valence-corrected chi connectivity index (χ3v) is 5.88. The van der Waals surface area contributed by atoms with E-state index in [1.807, 2.05) is 5.32 Å². The van der Waals surface area contributed by atoms with Crippen molar-refractivity contribution in [1.29, 1.82) is 0 Å². The van der Waals surface area contributed by atoms with Crippen LogP contribution in [0.25, 0.3) is 0 Å². The number of benzene rings is 1. The minimum atomic E-state index is -3.75. The molecule has 150 valence electrons. The summed E-state index contributed by atoms with van der Waals surface area (Å²) >= 11 is 0. The molecule has 0 radical (unpaired) electrons. The van der Waals surface area contributed by atoms with Crippen molar-refractivity contribution in [2.75, 3.05) is 20.2 Å². The summed E-state index contributed by atoms with van der Waals surface area (Å²) in [5.41, 5.74) is 0.500. The molecule has 0 saturated heterocycles. The molecule has 0 spiro atoms. The van der Waals surface area contributed by atoms with Crippen LogP contribution >= 0.6 is 0 Å². The molecule has 1 rings (SSSR count). The zero-order chi connectivity index (χ0) is 20.8. The van der Waals surface area contributed by atoms with Crippen LogP contribution in [-0.4, -0.2) is 57.0 Å². The van der Waals surface area contributed by atoms with Crippen LogP contribution in [0, 0.1) is 6.92 Å². The molecular weight excluding hydrogens is 376 g/mol. The summed E-state index contributed by atoms with van der Waals surface area (Å²) in [7, 11) is -2.67. The number of hydrogen-bond acceptors (Lipinski definition) is 7. The number of nitrogens with one attached hydrogen (secondary N) is 1. The molecular formula is C17H24N2O7S. The molecule has 1 atom stereocenters. The normalized spacial score (nSPS) is 12.4. The van der Waals surface area contributed by atoms with Crippen molar-refractivity contribution in [3.63, 3.8) is 0 Å². The Morgan fingerprint density at radius 1 is 1.19 bits per heavy atom. The monoisotopic (exact) mass is 400 g/mol. The third kappa shape index (κ3) is 5.51. The molecule has 1 aromatic rings. The summed E-state index contributed by atoms with van der Waals surface area (Å²) in [4.78, 5) is 35.2. The SMILES string of the molecule is CCN(CC)S(=O)(=O)c1ccc(C)c(C(=O)O[C@@H](C)C(=O)NC(=O)OC)c1. The summed E-state index contributed by atoms with van der Waals surface area (Å²) < 4.78 is 35.8. The number of ether oxygens (including phenoxy) is 2.